The van der Waals surface area contributed by atoms with E-state index in [0.29, 0.717) is 14.9 Å². The minimum Gasteiger partial charge on any atom is -0.490 e. The Labute approximate surface area is 121 Å². The molecule has 3 unspecified atom stereocenters. The van der Waals surface area contributed by atoms with Crippen LogP contribution in [0.4, 0.5) is 0 Å². The van der Waals surface area contributed by atoms with Crippen LogP contribution in [0, 0.1) is 5.41 Å². The van der Waals surface area contributed by atoms with Crippen molar-refractivity contribution >= 4 is 39.1 Å². The van der Waals surface area contributed by atoms with Crippen molar-refractivity contribution in [1.29, 1.82) is 0 Å². The van der Waals surface area contributed by atoms with Crippen LogP contribution in [0.15, 0.2) is 18.2 Å². The molecule has 0 spiro atoms. The van der Waals surface area contributed by atoms with Gasteiger partial charge in [0.2, 0.25) is 0 Å². The van der Waals surface area contributed by atoms with Crippen LogP contribution in [-0.4, -0.2) is 10.9 Å². The number of alkyl halides is 1. The Morgan fingerprint density at radius 3 is 2.41 bits per heavy atom. The van der Waals surface area contributed by atoms with Crippen LogP contribution in [0.2, 0.25) is 10.0 Å². The largest absolute Gasteiger partial charge is 0.490 e. The molecule has 1 saturated carbocycles. The molecule has 1 fully saturated rings. The summed E-state index contributed by atoms with van der Waals surface area (Å²) in [5.74, 6) is 0.756. The van der Waals surface area contributed by atoms with Crippen molar-refractivity contribution in [2.45, 2.75) is 37.6 Å². The Morgan fingerprint density at radius 2 is 1.94 bits per heavy atom. The third kappa shape index (κ3) is 2.59. The van der Waals surface area contributed by atoms with Gasteiger partial charge in [-0.2, -0.15) is 0 Å². The van der Waals surface area contributed by atoms with E-state index >= 15 is 0 Å². The van der Waals surface area contributed by atoms with Crippen LogP contribution in [0.1, 0.15) is 26.7 Å². The zero-order valence-electron chi connectivity index (χ0n) is 9.84. The predicted molar refractivity (Wildman–Crippen MR) is 76.6 cm³/mol. The van der Waals surface area contributed by atoms with E-state index < -0.39 is 0 Å². The molecule has 2 rings (SSSR count). The monoisotopic (exact) mass is 336 g/mol. The summed E-state index contributed by atoms with van der Waals surface area (Å²) in [7, 11) is 0. The number of hydrogen-bond acceptors (Lipinski definition) is 1. The molecule has 1 aromatic rings. The molecule has 0 N–H and O–H groups in total. The van der Waals surface area contributed by atoms with E-state index in [4.69, 9.17) is 27.9 Å². The van der Waals surface area contributed by atoms with Gasteiger partial charge >= 0.3 is 0 Å². The second kappa shape index (κ2) is 4.99. The van der Waals surface area contributed by atoms with Gasteiger partial charge in [-0.1, -0.05) is 53.0 Å². The standard InChI is InChI=1S/C13H15BrCl2O/c1-3-13(2)11(14)7-12(13)17-10-5-8(15)4-9(16)6-10/h4-6,11-12H,3,7H2,1-2H3. The molecule has 0 saturated heterocycles. The molecule has 1 aliphatic carbocycles. The minimum absolute atomic E-state index is 0.189. The van der Waals surface area contributed by atoms with Crippen LogP contribution >= 0.6 is 39.1 Å². The van der Waals surface area contributed by atoms with Crippen LogP contribution in [0.3, 0.4) is 0 Å². The molecule has 0 amide bonds. The molecule has 3 atom stereocenters. The van der Waals surface area contributed by atoms with E-state index in [1.54, 1.807) is 6.07 Å². The van der Waals surface area contributed by atoms with Gasteiger partial charge < -0.3 is 4.74 Å². The molecule has 4 heteroatoms. The number of hydrogen-bond donors (Lipinski definition) is 0. The van der Waals surface area contributed by atoms with E-state index in [-0.39, 0.29) is 11.5 Å². The topological polar surface area (TPSA) is 9.23 Å². The molecule has 94 valence electrons. The van der Waals surface area contributed by atoms with E-state index in [9.17, 15) is 0 Å². The first-order chi connectivity index (χ1) is 7.95. The summed E-state index contributed by atoms with van der Waals surface area (Å²) in [6, 6.07) is 5.33. The lowest BCUT2D eigenvalue weighted by Gasteiger charge is -2.50. The van der Waals surface area contributed by atoms with Crippen molar-refractivity contribution in [1.82, 2.24) is 0 Å². The van der Waals surface area contributed by atoms with Crippen molar-refractivity contribution in [3.63, 3.8) is 0 Å². The maximum atomic E-state index is 5.99. The van der Waals surface area contributed by atoms with Gasteiger partial charge in [0.15, 0.2) is 0 Å². The van der Waals surface area contributed by atoms with Crippen LogP contribution in [0.5, 0.6) is 5.75 Å². The Hall–Kier alpha value is 0.0800. The summed E-state index contributed by atoms with van der Waals surface area (Å²) in [6.45, 7) is 4.43. The number of ether oxygens (including phenoxy) is 1. The third-order valence-corrected chi connectivity index (χ3v) is 5.60. The van der Waals surface area contributed by atoms with E-state index in [1.807, 2.05) is 12.1 Å². The average Bonchev–Trinajstić information content (AvgIpc) is 2.26. The highest BCUT2D eigenvalue weighted by atomic mass is 79.9. The molecule has 0 bridgehead atoms. The Morgan fingerprint density at radius 1 is 1.35 bits per heavy atom. The summed E-state index contributed by atoms with van der Waals surface area (Å²) in [6.07, 6.45) is 2.34. The van der Waals surface area contributed by atoms with Gasteiger partial charge in [-0.3, -0.25) is 0 Å². The highest BCUT2D eigenvalue weighted by Crippen LogP contribution is 2.50. The first-order valence-electron chi connectivity index (χ1n) is 5.72. The molecule has 1 aromatic carbocycles. The van der Waals surface area contributed by atoms with Gasteiger partial charge in [-0.05, 0) is 31.0 Å². The van der Waals surface area contributed by atoms with Gasteiger partial charge in [0, 0.05) is 20.3 Å². The smallest absolute Gasteiger partial charge is 0.122 e. The highest BCUT2D eigenvalue weighted by molar-refractivity contribution is 9.09. The molecule has 0 radical (unpaired) electrons. The molecule has 17 heavy (non-hydrogen) atoms. The summed E-state index contributed by atoms with van der Waals surface area (Å²) in [4.78, 5) is 0.527. The van der Waals surface area contributed by atoms with E-state index in [0.717, 1.165) is 18.6 Å². The van der Waals surface area contributed by atoms with E-state index in [1.165, 1.54) is 0 Å². The number of rotatable bonds is 3. The average molecular weight is 338 g/mol. The SMILES string of the molecule is CCC1(C)C(Br)CC1Oc1cc(Cl)cc(Cl)c1. The van der Waals surface area contributed by atoms with Crippen LogP contribution < -0.4 is 4.74 Å². The first-order valence-corrected chi connectivity index (χ1v) is 7.39. The Kier molecular flexibility index (Phi) is 3.96. The van der Waals surface area contributed by atoms with Crippen LogP contribution in [-0.2, 0) is 0 Å². The molecular formula is C13H15BrCl2O. The molecule has 1 aliphatic rings. The number of halogens is 3. The van der Waals surface area contributed by atoms with Crippen molar-refractivity contribution in [2.24, 2.45) is 5.41 Å². The molecule has 0 heterocycles. The fourth-order valence-corrected chi connectivity index (χ4v) is 3.62. The van der Waals surface area contributed by atoms with Gasteiger partial charge in [0.1, 0.15) is 11.9 Å². The van der Waals surface area contributed by atoms with Gasteiger partial charge in [0.05, 0.1) is 0 Å². The van der Waals surface area contributed by atoms with Gasteiger partial charge in [0.25, 0.3) is 0 Å². The quantitative estimate of drug-likeness (QED) is 0.678. The van der Waals surface area contributed by atoms with Gasteiger partial charge in [-0.15, -0.1) is 0 Å². The molecule has 0 aliphatic heterocycles. The fraction of sp³-hybridized carbons (Fsp3) is 0.538. The zero-order chi connectivity index (χ0) is 12.6. The van der Waals surface area contributed by atoms with Crippen molar-refractivity contribution in [3.05, 3.63) is 28.2 Å². The van der Waals surface area contributed by atoms with Crippen LogP contribution in [0.25, 0.3) is 0 Å². The maximum absolute atomic E-state index is 5.99. The fourth-order valence-electron chi connectivity index (χ4n) is 2.16. The first kappa shape index (κ1) is 13.5. The lowest BCUT2D eigenvalue weighted by Crippen LogP contribution is -2.54. The molecule has 0 aromatic heterocycles. The summed E-state index contributed by atoms with van der Waals surface area (Å²) in [5, 5.41) is 1.22. The second-order valence-corrected chi connectivity index (χ2v) is 6.75. The predicted octanol–water partition coefficient (Wildman–Crippen LogP) is 5.32. The normalized spacial score (nSPS) is 32.1. The summed E-state index contributed by atoms with van der Waals surface area (Å²) in [5.41, 5.74) is 0.189. The molecule has 1 nitrogen and oxygen atoms in total. The van der Waals surface area contributed by atoms with Crippen molar-refractivity contribution in [2.75, 3.05) is 0 Å². The highest BCUT2D eigenvalue weighted by Gasteiger charge is 2.50. The third-order valence-electron chi connectivity index (χ3n) is 3.75. The maximum Gasteiger partial charge on any atom is 0.122 e. The second-order valence-electron chi connectivity index (χ2n) is 4.77. The van der Waals surface area contributed by atoms with E-state index in [2.05, 4.69) is 29.8 Å². The summed E-state index contributed by atoms with van der Waals surface area (Å²) < 4.78 is 5.99. The lowest BCUT2D eigenvalue weighted by atomic mass is 9.65. The zero-order valence-corrected chi connectivity index (χ0v) is 12.9. The van der Waals surface area contributed by atoms with Crippen molar-refractivity contribution < 1.29 is 4.74 Å². The Bertz CT molecular complexity index is 404. The van der Waals surface area contributed by atoms with Gasteiger partial charge in [-0.25, -0.2) is 0 Å². The van der Waals surface area contributed by atoms with Crippen molar-refractivity contribution in [3.8, 4) is 5.75 Å². The number of benzene rings is 1. The lowest BCUT2D eigenvalue weighted by molar-refractivity contribution is -0.0243. The molecular weight excluding hydrogens is 323 g/mol. The minimum atomic E-state index is 0.189. The Balaban J connectivity index is 2.12. The summed E-state index contributed by atoms with van der Waals surface area (Å²) >= 11 is 15.6.